The predicted molar refractivity (Wildman–Crippen MR) is 135 cm³/mol. The lowest BCUT2D eigenvalue weighted by Gasteiger charge is -2.59. The van der Waals surface area contributed by atoms with Gasteiger partial charge in [-0.15, -0.1) is 17.0 Å². The minimum Gasteiger partial charge on any atom is -0.365 e. The molecule has 3 heteroatoms. The van der Waals surface area contributed by atoms with E-state index in [1.165, 1.54) is 42.4 Å². The summed E-state index contributed by atoms with van der Waals surface area (Å²) in [6.45, 7) is 1.11. The van der Waals surface area contributed by atoms with E-state index in [4.69, 9.17) is 4.74 Å². The fourth-order valence-electron chi connectivity index (χ4n) is 6.58. The maximum atomic E-state index is 7.03. The first-order valence-electron chi connectivity index (χ1n) is 11.9. The first kappa shape index (κ1) is 21.9. The first-order valence-corrected chi connectivity index (χ1v) is 11.9. The van der Waals surface area contributed by atoms with Crippen molar-refractivity contribution < 1.29 is 4.74 Å². The number of hydrogen-bond donors (Lipinski definition) is 0. The van der Waals surface area contributed by atoms with E-state index in [1.54, 1.807) is 0 Å². The Kier molecular flexibility index (Phi) is 6.50. The van der Waals surface area contributed by atoms with Gasteiger partial charge in [-0.25, -0.2) is 0 Å². The Morgan fingerprint density at radius 1 is 0.656 bits per heavy atom. The number of hydrogen-bond acceptors (Lipinski definition) is 2. The molecule has 2 saturated heterocycles. The number of ether oxygens (including phenoxy) is 1. The van der Waals surface area contributed by atoms with Crippen molar-refractivity contribution in [3.8, 4) is 0 Å². The van der Waals surface area contributed by atoms with Gasteiger partial charge in [0.2, 0.25) is 0 Å². The molecule has 4 bridgehead atoms. The molecule has 2 aliphatic carbocycles. The van der Waals surface area contributed by atoms with Gasteiger partial charge in [0.25, 0.3) is 0 Å². The summed E-state index contributed by atoms with van der Waals surface area (Å²) in [4.78, 5) is 2.81. The van der Waals surface area contributed by atoms with Gasteiger partial charge in [0.15, 0.2) is 0 Å². The third-order valence-electron chi connectivity index (χ3n) is 7.87. The topological polar surface area (TPSA) is 12.5 Å². The fraction of sp³-hybridized carbons (Fsp3) is 0.379. The molecule has 0 spiro atoms. The Balaban J connectivity index is 0.00000216. The Hall–Kier alpha value is -1.94. The van der Waals surface area contributed by atoms with Crippen LogP contribution in [0.2, 0.25) is 0 Å². The van der Waals surface area contributed by atoms with E-state index in [2.05, 4.69) is 95.9 Å². The lowest BCUT2D eigenvalue weighted by molar-refractivity contribution is -0.169. The van der Waals surface area contributed by atoms with Crippen molar-refractivity contribution >= 4 is 17.0 Å². The zero-order valence-electron chi connectivity index (χ0n) is 18.4. The molecule has 2 saturated carbocycles. The number of rotatable bonds is 6. The first-order chi connectivity index (χ1) is 15.3. The van der Waals surface area contributed by atoms with Crippen LogP contribution in [0.3, 0.4) is 0 Å². The Morgan fingerprint density at radius 3 is 1.56 bits per heavy atom. The van der Waals surface area contributed by atoms with Crippen molar-refractivity contribution in [2.24, 2.45) is 11.8 Å². The van der Waals surface area contributed by atoms with Gasteiger partial charge in [-0.1, -0.05) is 91.0 Å². The minimum absolute atomic E-state index is 0. The molecule has 7 rings (SSSR count). The lowest BCUT2D eigenvalue weighted by Crippen LogP contribution is -2.62. The van der Waals surface area contributed by atoms with E-state index in [-0.39, 0.29) is 23.1 Å². The number of nitrogens with zero attached hydrogens (tertiary/aromatic N) is 1. The van der Waals surface area contributed by atoms with Crippen LogP contribution in [-0.2, 0) is 11.3 Å². The summed E-state index contributed by atoms with van der Waals surface area (Å²) in [7, 11) is 0. The molecule has 0 radical (unpaired) electrons. The molecule has 0 unspecified atom stereocenters. The summed E-state index contributed by atoms with van der Waals surface area (Å²) in [6.07, 6.45) is 5.59. The van der Waals surface area contributed by atoms with Gasteiger partial charge in [0.05, 0.1) is 6.10 Å². The molecule has 2 nitrogen and oxygen atoms in total. The number of benzene rings is 3. The van der Waals surface area contributed by atoms with Crippen molar-refractivity contribution in [1.29, 1.82) is 0 Å². The molecule has 3 aromatic rings. The van der Waals surface area contributed by atoms with Crippen LogP contribution in [-0.4, -0.2) is 23.1 Å². The third-order valence-corrected chi connectivity index (χ3v) is 7.87. The smallest absolute Gasteiger partial charge is 0.108 e. The van der Waals surface area contributed by atoms with E-state index >= 15 is 0 Å². The van der Waals surface area contributed by atoms with Gasteiger partial charge in [-0.05, 0) is 54.2 Å². The van der Waals surface area contributed by atoms with Crippen LogP contribution in [0.5, 0.6) is 0 Å². The maximum absolute atomic E-state index is 7.03. The molecule has 0 N–H and O–H groups in total. The van der Waals surface area contributed by atoms with E-state index in [1.807, 2.05) is 0 Å². The lowest BCUT2D eigenvalue weighted by atomic mass is 9.61. The fourth-order valence-corrected chi connectivity index (χ4v) is 6.58. The van der Waals surface area contributed by atoms with Crippen molar-refractivity contribution in [3.63, 3.8) is 0 Å². The van der Waals surface area contributed by atoms with Gasteiger partial charge in [0, 0.05) is 18.6 Å². The zero-order chi connectivity index (χ0) is 20.6. The summed E-state index contributed by atoms with van der Waals surface area (Å²) in [5, 5.41) is 0. The maximum Gasteiger partial charge on any atom is 0.108 e. The highest BCUT2D eigenvalue weighted by molar-refractivity contribution is 8.93. The molecule has 166 valence electrons. The molecule has 4 aliphatic rings. The summed E-state index contributed by atoms with van der Waals surface area (Å²) in [5.41, 5.74) is 4.00. The van der Waals surface area contributed by atoms with Gasteiger partial charge in [-0.2, -0.15) is 0 Å². The van der Waals surface area contributed by atoms with Crippen molar-refractivity contribution in [1.82, 2.24) is 4.90 Å². The second-order valence-corrected chi connectivity index (χ2v) is 9.73. The summed E-state index contributed by atoms with van der Waals surface area (Å²) in [5.74, 6) is 1.40. The van der Waals surface area contributed by atoms with E-state index in [0.29, 0.717) is 17.9 Å². The quantitative estimate of drug-likeness (QED) is 0.376. The second kappa shape index (κ2) is 9.51. The average Bonchev–Trinajstić information content (AvgIpc) is 2.82. The highest BCUT2D eigenvalue weighted by atomic mass is 79.9. The van der Waals surface area contributed by atoms with Crippen molar-refractivity contribution in [3.05, 3.63) is 108 Å². The molecule has 0 aromatic heterocycles. The van der Waals surface area contributed by atoms with Crippen LogP contribution in [0.25, 0.3) is 0 Å². The molecule has 4 fully saturated rings. The zero-order valence-corrected chi connectivity index (χ0v) is 20.1. The van der Waals surface area contributed by atoms with Gasteiger partial charge < -0.3 is 4.74 Å². The van der Waals surface area contributed by atoms with Crippen LogP contribution in [0.1, 0.15) is 48.5 Å². The van der Waals surface area contributed by atoms with Crippen LogP contribution in [0.4, 0.5) is 0 Å². The van der Waals surface area contributed by atoms with E-state index in [0.717, 1.165) is 18.6 Å². The van der Waals surface area contributed by atoms with E-state index < -0.39 is 0 Å². The Bertz CT molecular complexity index is 924. The molecule has 3 aromatic carbocycles. The molecule has 32 heavy (non-hydrogen) atoms. The standard InChI is InChI=1S/C29H31NO.BrH/c1-4-10-21(11-5-1)20-30-26-16-24-17-27(30)19-25(18-26)29(24)31-28(22-12-6-2-7-13-22)23-14-8-3-9-15-23;/h1-15,24-29H,16-20H2;1H. The summed E-state index contributed by atoms with van der Waals surface area (Å²) in [6, 6.07) is 34.1. The molecule has 0 amide bonds. The van der Waals surface area contributed by atoms with Crippen LogP contribution in [0.15, 0.2) is 91.0 Å². The molecular formula is C29H32BrNO. The van der Waals surface area contributed by atoms with Gasteiger partial charge >= 0.3 is 0 Å². The van der Waals surface area contributed by atoms with Gasteiger partial charge in [-0.3, -0.25) is 4.90 Å². The highest BCUT2D eigenvalue weighted by Gasteiger charge is 2.52. The Labute approximate surface area is 202 Å². The normalized spacial score (nSPS) is 28.6. The SMILES string of the molecule is Br.c1ccc(CN2C3CC4CC2CC(C3)C4OC(c2ccccc2)c2ccccc2)cc1. The predicted octanol–water partition coefficient (Wildman–Crippen LogP) is 6.81. The largest absolute Gasteiger partial charge is 0.365 e. The van der Waals surface area contributed by atoms with Crippen LogP contribution in [0, 0.1) is 11.8 Å². The Morgan fingerprint density at radius 2 is 1.09 bits per heavy atom. The van der Waals surface area contributed by atoms with Crippen LogP contribution < -0.4 is 0 Å². The van der Waals surface area contributed by atoms with Crippen molar-refractivity contribution in [2.45, 2.75) is 56.5 Å². The molecule has 2 heterocycles. The van der Waals surface area contributed by atoms with Crippen LogP contribution >= 0.6 is 17.0 Å². The molecule has 2 aliphatic heterocycles. The average molecular weight is 490 g/mol. The molecular weight excluding hydrogens is 458 g/mol. The third kappa shape index (κ3) is 4.19. The van der Waals surface area contributed by atoms with Gasteiger partial charge in [0.1, 0.15) is 6.10 Å². The monoisotopic (exact) mass is 489 g/mol. The number of piperidine rings is 2. The molecule has 0 atom stereocenters. The second-order valence-electron chi connectivity index (χ2n) is 9.73. The summed E-state index contributed by atoms with van der Waals surface area (Å²) >= 11 is 0. The van der Waals surface area contributed by atoms with E-state index in [9.17, 15) is 0 Å². The number of halogens is 1. The highest BCUT2D eigenvalue weighted by Crippen LogP contribution is 2.52. The van der Waals surface area contributed by atoms with Crippen molar-refractivity contribution in [2.75, 3.05) is 0 Å². The summed E-state index contributed by atoms with van der Waals surface area (Å²) < 4.78 is 7.03. The minimum atomic E-state index is 0.